The number of nitro benzene ring substituents is 1. The number of amides is 2. The molecule has 0 atom stereocenters. The Kier molecular flexibility index (Phi) is 6.68. The van der Waals surface area contributed by atoms with Gasteiger partial charge in [-0.05, 0) is 25.8 Å². The van der Waals surface area contributed by atoms with Crippen LogP contribution >= 0.6 is 0 Å². The van der Waals surface area contributed by atoms with Crippen LogP contribution in [0, 0.1) is 23.0 Å². The Morgan fingerprint density at radius 1 is 1.31 bits per heavy atom. The van der Waals surface area contributed by atoms with E-state index in [9.17, 15) is 19.7 Å². The number of carbonyl (C=O) groups is 2. The maximum Gasteiger partial charge on any atom is 0.274 e. The zero-order valence-corrected chi connectivity index (χ0v) is 15.4. The number of hydrogen-bond donors (Lipinski definition) is 2. The molecule has 0 unspecified atom stereocenters. The van der Waals surface area contributed by atoms with E-state index in [1.807, 2.05) is 18.7 Å². The Morgan fingerprint density at radius 3 is 2.54 bits per heavy atom. The van der Waals surface area contributed by atoms with Crippen molar-refractivity contribution in [3.05, 3.63) is 33.9 Å². The molecule has 0 radical (unpaired) electrons. The van der Waals surface area contributed by atoms with Gasteiger partial charge in [-0.2, -0.15) is 0 Å². The molecule has 1 aromatic rings. The second-order valence-electron chi connectivity index (χ2n) is 7.02. The number of hydrogen-bond acceptors (Lipinski definition) is 5. The minimum atomic E-state index is -0.457. The fourth-order valence-corrected chi connectivity index (χ4v) is 2.89. The summed E-state index contributed by atoms with van der Waals surface area (Å²) in [5.41, 5.74) is 0.967. The Labute approximate surface area is 153 Å². The van der Waals surface area contributed by atoms with Crippen molar-refractivity contribution in [1.29, 1.82) is 0 Å². The van der Waals surface area contributed by atoms with Crippen molar-refractivity contribution < 1.29 is 14.5 Å². The van der Waals surface area contributed by atoms with Gasteiger partial charge in [0.25, 0.3) is 5.69 Å². The van der Waals surface area contributed by atoms with Crippen molar-refractivity contribution in [1.82, 2.24) is 10.2 Å². The molecule has 1 aliphatic heterocycles. The van der Waals surface area contributed by atoms with Gasteiger partial charge in [0.1, 0.15) is 0 Å². The predicted octanol–water partition coefficient (Wildman–Crippen LogP) is 2.08. The van der Waals surface area contributed by atoms with Gasteiger partial charge < -0.3 is 10.6 Å². The fourth-order valence-electron chi connectivity index (χ4n) is 2.89. The Morgan fingerprint density at radius 2 is 1.96 bits per heavy atom. The van der Waals surface area contributed by atoms with Crippen LogP contribution in [-0.4, -0.2) is 47.3 Å². The molecule has 0 spiro atoms. The molecule has 1 saturated heterocycles. The van der Waals surface area contributed by atoms with Crippen LogP contribution in [0.2, 0.25) is 0 Å². The molecule has 2 N–H and O–H groups in total. The standard InChI is InChI=1S/C18H26N4O4/c1-12(2)18(24)20-14-6-8-21(9-7-14)11-17(23)19-15-5-4-13(3)16(10-15)22(25)26/h4-5,10,12,14H,6-9,11H2,1-3H3,(H,19,23)(H,20,24). The van der Waals surface area contributed by atoms with Crippen molar-refractivity contribution >= 4 is 23.2 Å². The van der Waals surface area contributed by atoms with Crippen molar-refractivity contribution in [2.75, 3.05) is 25.0 Å². The SMILES string of the molecule is Cc1ccc(NC(=O)CN2CCC(NC(=O)C(C)C)CC2)cc1[N+](=O)[O-]. The average molecular weight is 362 g/mol. The minimum absolute atomic E-state index is 0.00971. The normalized spacial score (nSPS) is 15.7. The Bertz CT molecular complexity index is 682. The number of piperidine rings is 1. The molecular weight excluding hydrogens is 336 g/mol. The molecule has 0 aromatic heterocycles. The summed E-state index contributed by atoms with van der Waals surface area (Å²) < 4.78 is 0. The second kappa shape index (κ2) is 8.75. The minimum Gasteiger partial charge on any atom is -0.353 e. The first kappa shape index (κ1) is 19.8. The maximum absolute atomic E-state index is 12.2. The van der Waals surface area contributed by atoms with Gasteiger partial charge in [-0.3, -0.25) is 24.6 Å². The van der Waals surface area contributed by atoms with Crippen LogP contribution < -0.4 is 10.6 Å². The molecule has 142 valence electrons. The third-order valence-corrected chi connectivity index (χ3v) is 4.52. The van der Waals surface area contributed by atoms with Crippen LogP contribution in [0.25, 0.3) is 0 Å². The summed E-state index contributed by atoms with van der Waals surface area (Å²) in [6.45, 7) is 7.07. The summed E-state index contributed by atoms with van der Waals surface area (Å²) in [7, 11) is 0. The molecule has 8 heteroatoms. The van der Waals surface area contributed by atoms with Crippen molar-refractivity contribution in [3.63, 3.8) is 0 Å². The predicted molar refractivity (Wildman–Crippen MR) is 98.9 cm³/mol. The second-order valence-corrected chi connectivity index (χ2v) is 7.02. The summed E-state index contributed by atoms with van der Waals surface area (Å²) in [4.78, 5) is 36.5. The van der Waals surface area contributed by atoms with Crippen molar-refractivity contribution in [2.45, 2.75) is 39.7 Å². The monoisotopic (exact) mass is 362 g/mol. The average Bonchev–Trinajstić information content (AvgIpc) is 2.58. The first-order valence-corrected chi connectivity index (χ1v) is 8.84. The zero-order chi connectivity index (χ0) is 19.3. The molecule has 1 aromatic carbocycles. The molecule has 0 bridgehead atoms. The number of rotatable bonds is 6. The lowest BCUT2D eigenvalue weighted by Crippen LogP contribution is -2.47. The summed E-state index contributed by atoms with van der Waals surface area (Å²) in [6.07, 6.45) is 1.61. The molecule has 1 aliphatic rings. The van der Waals surface area contributed by atoms with Gasteiger partial charge >= 0.3 is 0 Å². The smallest absolute Gasteiger partial charge is 0.274 e. The van der Waals surface area contributed by atoms with Gasteiger partial charge in [0.05, 0.1) is 11.5 Å². The van der Waals surface area contributed by atoms with Crippen LogP contribution in [0.4, 0.5) is 11.4 Å². The Hall–Kier alpha value is -2.48. The lowest BCUT2D eigenvalue weighted by Gasteiger charge is -2.32. The quantitative estimate of drug-likeness (QED) is 0.595. The largest absolute Gasteiger partial charge is 0.353 e. The molecule has 8 nitrogen and oxygen atoms in total. The third-order valence-electron chi connectivity index (χ3n) is 4.52. The van der Waals surface area contributed by atoms with Gasteiger partial charge in [-0.1, -0.05) is 19.9 Å². The first-order valence-electron chi connectivity index (χ1n) is 8.84. The van der Waals surface area contributed by atoms with E-state index in [0.717, 1.165) is 25.9 Å². The van der Waals surface area contributed by atoms with Gasteiger partial charge in [-0.25, -0.2) is 0 Å². The molecular formula is C18H26N4O4. The molecule has 1 fully saturated rings. The van der Waals surface area contributed by atoms with Crippen molar-refractivity contribution in [3.8, 4) is 0 Å². The highest BCUT2D eigenvalue weighted by molar-refractivity contribution is 5.92. The number of likely N-dealkylation sites (tertiary alicyclic amines) is 1. The summed E-state index contributed by atoms with van der Waals surface area (Å²) in [5.74, 6) is -0.174. The highest BCUT2D eigenvalue weighted by atomic mass is 16.6. The number of nitrogens with one attached hydrogen (secondary N) is 2. The van der Waals surface area contributed by atoms with Gasteiger partial charge in [0, 0.05) is 42.4 Å². The van der Waals surface area contributed by atoms with Gasteiger partial charge in [0.2, 0.25) is 11.8 Å². The summed E-state index contributed by atoms with van der Waals surface area (Å²) in [5, 5.41) is 16.7. The maximum atomic E-state index is 12.2. The van der Waals surface area contributed by atoms with E-state index in [0.29, 0.717) is 11.3 Å². The highest BCUT2D eigenvalue weighted by Gasteiger charge is 2.23. The van der Waals surface area contributed by atoms with E-state index in [2.05, 4.69) is 10.6 Å². The van der Waals surface area contributed by atoms with Crippen LogP contribution in [-0.2, 0) is 9.59 Å². The molecule has 26 heavy (non-hydrogen) atoms. The van der Waals surface area contributed by atoms with Crippen LogP contribution in [0.15, 0.2) is 18.2 Å². The summed E-state index contributed by atoms with van der Waals surface area (Å²) in [6, 6.07) is 4.81. The number of benzene rings is 1. The van der Waals surface area contributed by atoms with Crippen LogP contribution in [0.1, 0.15) is 32.3 Å². The van der Waals surface area contributed by atoms with E-state index in [1.54, 1.807) is 19.1 Å². The van der Waals surface area contributed by atoms with Crippen LogP contribution in [0.5, 0.6) is 0 Å². The molecule has 2 rings (SSSR count). The lowest BCUT2D eigenvalue weighted by atomic mass is 10.0. The molecule has 1 heterocycles. The molecule has 0 saturated carbocycles. The highest BCUT2D eigenvalue weighted by Crippen LogP contribution is 2.22. The lowest BCUT2D eigenvalue weighted by molar-refractivity contribution is -0.385. The van der Waals surface area contributed by atoms with E-state index >= 15 is 0 Å². The Balaban J connectivity index is 1.82. The topological polar surface area (TPSA) is 105 Å². The van der Waals surface area contributed by atoms with E-state index in [1.165, 1.54) is 6.07 Å². The number of anilines is 1. The van der Waals surface area contributed by atoms with Crippen molar-refractivity contribution in [2.24, 2.45) is 5.92 Å². The number of nitrogens with zero attached hydrogens (tertiary/aromatic N) is 2. The fraction of sp³-hybridized carbons (Fsp3) is 0.556. The number of carbonyl (C=O) groups excluding carboxylic acids is 2. The molecule has 2 amide bonds. The number of aryl methyl sites for hydroxylation is 1. The first-order chi connectivity index (χ1) is 12.3. The van der Waals surface area contributed by atoms with E-state index < -0.39 is 4.92 Å². The molecule has 0 aliphatic carbocycles. The van der Waals surface area contributed by atoms with E-state index in [4.69, 9.17) is 0 Å². The van der Waals surface area contributed by atoms with Gasteiger partial charge in [-0.15, -0.1) is 0 Å². The van der Waals surface area contributed by atoms with Gasteiger partial charge in [0.15, 0.2) is 0 Å². The van der Waals surface area contributed by atoms with E-state index in [-0.39, 0.29) is 36.0 Å². The summed E-state index contributed by atoms with van der Waals surface area (Å²) >= 11 is 0. The van der Waals surface area contributed by atoms with Crippen LogP contribution in [0.3, 0.4) is 0 Å². The number of nitro groups is 1. The zero-order valence-electron chi connectivity index (χ0n) is 15.4. The third kappa shape index (κ3) is 5.52.